The van der Waals surface area contributed by atoms with E-state index in [1.807, 2.05) is 65.4 Å². The van der Waals surface area contributed by atoms with Gasteiger partial charge in [-0.15, -0.1) is 0 Å². The first kappa shape index (κ1) is 25.8. The molecule has 1 atom stereocenters. The number of amides is 2. The fourth-order valence-corrected chi connectivity index (χ4v) is 5.12. The maximum atomic E-state index is 13.7. The average Bonchev–Trinajstić information content (AvgIpc) is 3.29. The van der Waals surface area contributed by atoms with Crippen molar-refractivity contribution in [3.05, 3.63) is 65.9 Å². The number of aromatic amines is 1. The third-order valence-corrected chi connectivity index (χ3v) is 7.28. The van der Waals surface area contributed by atoms with Gasteiger partial charge in [0, 0.05) is 36.7 Å². The second-order valence-corrected chi connectivity index (χ2v) is 10.0. The van der Waals surface area contributed by atoms with Gasteiger partial charge in [-0.05, 0) is 49.4 Å². The molecule has 1 N–H and O–H groups in total. The molecule has 0 unspecified atom stereocenters. The third kappa shape index (κ3) is 5.92. The molecule has 2 heterocycles. The lowest BCUT2D eigenvalue weighted by atomic mass is 10.0. The van der Waals surface area contributed by atoms with Crippen LogP contribution in [0.3, 0.4) is 0 Å². The van der Waals surface area contributed by atoms with Crippen molar-refractivity contribution in [2.75, 3.05) is 26.2 Å². The molecule has 0 spiro atoms. The monoisotopic (exact) mass is 489 g/mol. The Hall–Kier alpha value is -3.28. The number of nitrogens with one attached hydrogen (secondary N) is 1. The topological polar surface area (TPSA) is 65.6 Å². The lowest BCUT2D eigenvalue weighted by Crippen LogP contribution is -2.48. The van der Waals surface area contributed by atoms with Crippen molar-refractivity contribution in [1.82, 2.24) is 14.8 Å². The summed E-state index contributed by atoms with van der Waals surface area (Å²) in [5.41, 5.74) is 2.66. The van der Waals surface area contributed by atoms with E-state index in [0.717, 1.165) is 48.7 Å². The summed E-state index contributed by atoms with van der Waals surface area (Å²) >= 11 is 0. The van der Waals surface area contributed by atoms with Crippen LogP contribution in [0, 0.1) is 5.92 Å². The molecule has 6 heteroatoms. The van der Waals surface area contributed by atoms with Gasteiger partial charge in [0.2, 0.25) is 5.91 Å². The number of para-hydroxylation sites is 2. The minimum absolute atomic E-state index is 0.0125. The highest BCUT2D eigenvalue weighted by Gasteiger charge is 2.28. The van der Waals surface area contributed by atoms with Gasteiger partial charge in [0.25, 0.3) is 5.91 Å². The normalized spacial score (nSPS) is 18.1. The van der Waals surface area contributed by atoms with Gasteiger partial charge in [0.05, 0.1) is 18.0 Å². The van der Waals surface area contributed by atoms with Crippen LogP contribution < -0.4 is 4.74 Å². The second-order valence-electron chi connectivity index (χ2n) is 10.0. The molecule has 0 bridgehead atoms. The number of hydrogen-bond acceptors (Lipinski definition) is 3. The molecule has 1 aromatic heterocycles. The predicted octanol–water partition coefficient (Wildman–Crippen LogP) is 5.68. The van der Waals surface area contributed by atoms with E-state index in [1.165, 1.54) is 0 Å². The van der Waals surface area contributed by atoms with E-state index in [9.17, 15) is 9.59 Å². The van der Waals surface area contributed by atoms with Gasteiger partial charge in [-0.2, -0.15) is 0 Å². The molecule has 36 heavy (non-hydrogen) atoms. The number of rotatable bonds is 4. The summed E-state index contributed by atoms with van der Waals surface area (Å²) in [6.45, 7) is 8.78. The highest BCUT2D eigenvalue weighted by atomic mass is 16.5. The number of ether oxygens (including phenoxy) is 1. The molecule has 2 aromatic carbocycles. The van der Waals surface area contributed by atoms with Gasteiger partial charge in [-0.25, -0.2) is 0 Å². The summed E-state index contributed by atoms with van der Waals surface area (Å²) in [5, 5.41) is 1.10. The van der Waals surface area contributed by atoms with Crippen molar-refractivity contribution >= 4 is 22.7 Å². The number of benzene rings is 2. The fraction of sp³-hybridized carbons (Fsp3) is 0.467. The number of nitrogens with zero attached hydrogens (tertiary/aromatic N) is 2. The molecular weight excluding hydrogens is 450 g/mol. The molecule has 6 nitrogen and oxygen atoms in total. The Bertz CT molecular complexity index is 1170. The highest BCUT2D eigenvalue weighted by molar-refractivity contribution is 5.97. The maximum absolute atomic E-state index is 13.7. The number of carbonyl (C=O) groups is 2. The maximum Gasteiger partial charge on any atom is 0.257 e. The summed E-state index contributed by atoms with van der Waals surface area (Å²) in [4.78, 5) is 34.3. The van der Waals surface area contributed by atoms with Crippen molar-refractivity contribution in [2.45, 2.75) is 58.9 Å². The van der Waals surface area contributed by atoms with Gasteiger partial charge >= 0.3 is 0 Å². The largest absolute Gasteiger partial charge is 0.491 e. The van der Waals surface area contributed by atoms with E-state index in [-0.39, 0.29) is 23.8 Å². The number of carbonyl (C=O) groups excluding carboxylic acids is 2. The summed E-state index contributed by atoms with van der Waals surface area (Å²) < 4.78 is 6.31. The van der Waals surface area contributed by atoms with Crippen molar-refractivity contribution in [3.8, 4) is 5.75 Å². The summed E-state index contributed by atoms with van der Waals surface area (Å²) in [7, 11) is 0. The first-order valence-corrected chi connectivity index (χ1v) is 13.3. The van der Waals surface area contributed by atoms with Crippen LogP contribution >= 0.6 is 0 Å². The lowest BCUT2D eigenvalue weighted by Gasteiger charge is -2.35. The first-order valence-electron chi connectivity index (χ1n) is 13.3. The Morgan fingerprint density at radius 2 is 1.75 bits per heavy atom. The second kappa shape index (κ2) is 12.1. The van der Waals surface area contributed by atoms with E-state index in [4.69, 9.17) is 4.74 Å². The fourth-order valence-electron chi connectivity index (χ4n) is 5.12. The molecule has 0 fully saturated rings. The van der Waals surface area contributed by atoms with Crippen LogP contribution in [0.2, 0.25) is 0 Å². The molecule has 0 saturated heterocycles. The van der Waals surface area contributed by atoms with Crippen LogP contribution in [-0.4, -0.2) is 58.9 Å². The Kier molecular flexibility index (Phi) is 8.68. The van der Waals surface area contributed by atoms with Gasteiger partial charge in [-0.3, -0.25) is 9.59 Å². The van der Waals surface area contributed by atoms with Crippen LogP contribution in [0.15, 0.2) is 54.7 Å². The van der Waals surface area contributed by atoms with Crippen molar-refractivity contribution in [1.29, 1.82) is 0 Å². The molecule has 192 valence electrons. The molecule has 2 amide bonds. The van der Waals surface area contributed by atoms with Crippen molar-refractivity contribution in [2.24, 2.45) is 5.92 Å². The standard InChI is InChI=1S/C30H39N3O3/c1-4-32-17-11-5-6-12-18-33(29(34)19-23-20-31-26-15-9-7-13-24(23)26)27(22(2)3)21-36-28-16-10-8-14-25(28)30(32)35/h7-10,13-16,20,22,27,31H,4-6,11-12,17-19,21H2,1-3H3/t27-/m1/s1. The molecule has 3 aromatic rings. The minimum atomic E-state index is -0.0870. The molecule has 4 rings (SSSR count). The van der Waals surface area contributed by atoms with E-state index in [2.05, 4.69) is 24.9 Å². The van der Waals surface area contributed by atoms with Crippen molar-refractivity contribution in [3.63, 3.8) is 0 Å². The number of aromatic nitrogens is 1. The summed E-state index contributed by atoms with van der Waals surface area (Å²) in [6, 6.07) is 15.5. The van der Waals surface area contributed by atoms with Crippen LogP contribution in [0.5, 0.6) is 5.75 Å². The molecule has 0 saturated carbocycles. The van der Waals surface area contributed by atoms with Crippen LogP contribution in [0.1, 0.15) is 62.4 Å². The van der Waals surface area contributed by atoms with E-state index in [0.29, 0.717) is 37.4 Å². The summed E-state index contributed by atoms with van der Waals surface area (Å²) in [5.74, 6) is 0.932. The molecule has 0 aliphatic carbocycles. The smallest absolute Gasteiger partial charge is 0.257 e. The number of hydrogen-bond donors (Lipinski definition) is 1. The zero-order valence-corrected chi connectivity index (χ0v) is 21.8. The number of fused-ring (bicyclic) bond motifs is 2. The predicted molar refractivity (Wildman–Crippen MR) is 144 cm³/mol. The Labute approximate surface area is 214 Å². The molecule has 1 aliphatic rings. The average molecular weight is 490 g/mol. The van der Waals surface area contributed by atoms with Gasteiger partial charge in [-0.1, -0.05) is 57.0 Å². The SMILES string of the molecule is CCN1CCCCCCN(C(=O)Cc2c[nH]c3ccccc23)[C@@H](C(C)C)COc2ccccc2C1=O. The highest BCUT2D eigenvalue weighted by Crippen LogP contribution is 2.25. The van der Waals surface area contributed by atoms with Gasteiger partial charge in [0.15, 0.2) is 0 Å². The van der Waals surface area contributed by atoms with Crippen molar-refractivity contribution < 1.29 is 14.3 Å². The van der Waals surface area contributed by atoms with Crippen LogP contribution in [-0.2, 0) is 11.2 Å². The third-order valence-electron chi connectivity index (χ3n) is 7.28. The molecule has 1 aliphatic heterocycles. The lowest BCUT2D eigenvalue weighted by molar-refractivity contribution is -0.134. The quantitative estimate of drug-likeness (QED) is 0.513. The van der Waals surface area contributed by atoms with Gasteiger partial charge < -0.3 is 19.5 Å². The van der Waals surface area contributed by atoms with Crippen LogP contribution in [0.25, 0.3) is 10.9 Å². The number of H-pyrrole nitrogens is 1. The Morgan fingerprint density at radius 1 is 1.03 bits per heavy atom. The zero-order chi connectivity index (χ0) is 25.5. The van der Waals surface area contributed by atoms with E-state index < -0.39 is 0 Å². The van der Waals surface area contributed by atoms with E-state index in [1.54, 1.807) is 0 Å². The molecular formula is C30H39N3O3. The summed E-state index contributed by atoms with van der Waals surface area (Å²) in [6.07, 6.45) is 6.28. The Morgan fingerprint density at radius 3 is 2.53 bits per heavy atom. The minimum Gasteiger partial charge on any atom is -0.491 e. The Balaban J connectivity index is 1.60. The van der Waals surface area contributed by atoms with Crippen LogP contribution in [0.4, 0.5) is 0 Å². The van der Waals surface area contributed by atoms with Gasteiger partial charge in [0.1, 0.15) is 12.4 Å². The van der Waals surface area contributed by atoms with E-state index >= 15 is 0 Å². The first-order chi connectivity index (χ1) is 17.5. The zero-order valence-electron chi connectivity index (χ0n) is 21.8. The molecule has 0 radical (unpaired) electrons.